The van der Waals surface area contributed by atoms with Crippen molar-refractivity contribution in [2.75, 3.05) is 29.9 Å². The van der Waals surface area contributed by atoms with Crippen LogP contribution in [0.4, 0.5) is 29.1 Å². The number of hydrogen-bond acceptors (Lipinski definition) is 14. The normalized spacial score (nSPS) is 8.90. The fourth-order valence-corrected chi connectivity index (χ4v) is 1.76. The van der Waals surface area contributed by atoms with Gasteiger partial charge in [0.15, 0.2) is 0 Å². The number of aromatic nitrogens is 4. The van der Waals surface area contributed by atoms with Crippen LogP contribution in [0, 0.1) is 42.9 Å². The molecule has 2 heterocycles. The molecule has 19 heteroatoms. The quantitative estimate of drug-likeness (QED) is 0.133. The lowest BCUT2D eigenvalue weighted by molar-refractivity contribution is -0.386. The molecule has 0 radical (unpaired) electrons. The molecule has 0 saturated heterocycles. The molecule has 0 aliphatic rings. The van der Waals surface area contributed by atoms with Crippen molar-refractivity contribution < 1.29 is 9.85 Å². The van der Waals surface area contributed by atoms with E-state index in [0.29, 0.717) is 0 Å². The van der Waals surface area contributed by atoms with E-state index in [0.717, 1.165) is 0 Å². The second kappa shape index (κ2) is 12.6. The molecule has 0 saturated carbocycles. The summed E-state index contributed by atoms with van der Waals surface area (Å²) in [7, 11) is 0. The summed E-state index contributed by atoms with van der Waals surface area (Å²) < 4.78 is 0. The summed E-state index contributed by atoms with van der Waals surface area (Å²) in [5, 5.41) is 38.2. The molecule has 31 heavy (non-hydrogen) atoms. The average Bonchev–Trinajstić information content (AvgIpc) is 2.65. The van der Waals surface area contributed by atoms with E-state index in [-0.39, 0.29) is 30.8 Å². The average molecular weight is 457 g/mol. The standard InChI is InChI=1S/C6H6N6O3.C4H3ClN4O3.C2H4N2/c7-1-2-9-4-3(12(14)15)5(13)11-6(8)10-4;5-2-1(9(11)12)3(10)8-4(6)7-2;3-1-2-4/h2H2,(H4,8,9,10,11,13);(H3,6,7,8,10);1,3H2. The van der Waals surface area contributed by atoms with Crippen molar-refractivity contribution in [2.24, 2.45) is 5.73 Å². The fourth-order valence-electron chi connectivity index (χ4n) is 1.51. The molecule has 0 unspecified atom stereocenters. The fraction of sp³-hybridized carbons (Fsp3) is 0.167. The Morgan fingerprint density at radius 1 is 1.00 bits per heavy atom. The molecule has 0 aromatic carbocycles. The topological polar surface area (TPSA) is 315 Å². The van der Waals surface area contributed by atoms with Crippen LogP contribution in [0.2, 0.25) is 5.15 Å². The van der Waals surface area contributed by atoms with Crippen molar-refractivity contribution in [1.82, 2.24) is 19.9 Å². The van der Waals surface area contributed by atoms with Gasteiger partial charge >= 0.3 is 22.5 Å². The monoisotopic (exact) mass is 456 g/mol. The molecule has 164 valence electrons. The van der Waals surface area contributed by atoms with Crippen molar-refractivity contribution in [3.05, 3.63) is 46.1 Å². The Balaban J connectivity index is 0.000000504. The third kappa shape index (κ3) is 8.39. The first-order valence-electron chi connectivity index (χ1n) is 7.41. The molecule has 0 atom stereocenters. The highest BCUT2D eigenvalue weighted by Crippen LogP contribution is 2.16. The van der Waals surface area contributed by atoms with Crippen LogP contribution in [0.25, 0.3) is 0 Å². The van der Waals surface area contributed by atoms with Crippen molar-refractivity contribution >= 4 is 40.7 Å². The Morgan fingerprint density at radius 3 is 1.84 bits per heavy atom. The summed E-state index contributed by atoms with van der Waals surface area (Å²) in [5.41, 5.74) is 11.4. The molecule has 0 aliphatic heterocycles. The van der Waals surface area contributed by atoms with Crippen LogP contribution in [0.3, 0.4) is 0 Å². The van der Waals surface area contributed by atoms with Gasteiger partial charge in [0.25, 0.3) is 0 Å². The molecule has 2 aromatic heterocycles. The van der Waals surface area contributed by atoms with Crippen LogP contribution in [0.15, 0.2) is 9.59 Å². The van der Waals surface area contributed by atoms with Gasteiger partial charge in [-0.3, -0.25) is 39.8 Å². The predicted molar refractivity (Wildman–Crippen MR) is 106 cm³/mol. The Labute approximate surface area is 175 Å². The lowest BCUT2D eigenvalue weighted by Gasteiger charge is -2.01. The SMILES string of the molecule is N#CCN.N#CCNc1nc(N)[nH]c(=O)c1[N+](=O)[O-].Nc1nc(Cl)c([N+](=O)[O-])c(=O)[nH]1. The van der Waals surface area contributed by atoms with E-state index < -0.39 is 37.5 Å². The summed E-state index contributed by atoms with van der Waals surface area (Å²) in [6.07, 6.45) is 0. The van der Waals surface area contributed by atoms with Gasteiger partial charge in [-0.15, -0.1) is 0 Å². The van der Waals surface area contributed by atoms with Gasteiger partial charge in [0.1, 0.15) is 6.54 Å². The minimum absolute atomic E-state index is 0.125. The number of aromatic amines is 2. The lowest BCUT2D eigenvalue weighted by atomic mass is 10.4. The van der Waals surface area contributed by atoms with Gasteiger partial charge in [-0.25, -0.2) is 0 Å². The third-order valence-corrected chi connectivity index (χ3v) is 2.84. The number of anilines is 3. The molecule has 0 fully saturated rings. The lowest BCUT2D eigenvalue weighted by Crippen LogP contribution is -2.18. The first-order chi connectivity index (χ1) is 14.5. The smallest absolute Gasteiger partial charge is 0.369 e. The minimum Gasteiger partial charge on any atom is -0.369 e. The summed E-state index contributed by atoms with van der Waals surface area (Å²) in [5.74, 6) is -0.829. The Morgan fingerprint density at radius 2 is 1.45 bits per heavy atom. The zero-order chi connectivity index (χ0) is 24.1. The van der Waals surface area contributed by atoms with Crippen molar-refractivity contribution in [1.29, 1.82) is 10.5 Å². The Kier molecular flexibility index (Phi) is 10.7. The van der Waals surface area contributed by atoms with Gasteiger partial charge in [-0.05, 0) is 0 Å². The van der Waals surface area contributed by atoms with Crippen LogP contribution in [0.5, 0.6) is 0 Å². The van der Waals surface area contributed by atoms with E-state index in [1.54, 1.807) is 12.1 Å². The molecule has 0 bridgehead atoms. The number of nitriles is 2. The zero-order valence-electron chi connectivity index (χ0n) is 15.2. The molecule has 2 aromatic rings. The largest absolute Gasteiger partial charge is 0.375 e. The molecular formula is C12H13ClN12O6. The van der Waals surface area contributed by atoms with E-state index >= 15 is 0 Å². The number of nitrogens with two attached hydrogens (primary N) is 3. The number of H-pyrrole nitrogens is 2. The van der Waals surface area contributed by atoms with E-state index in [2.05, 4.69) is 21.0 Å². The van der Waals surface area contributed by atoms with Gasteiger partial charge in [0.2, 0.25) is 22.9 Å². The number of nitrogens with zero attached hydrogens (tertiary/aromatic N) is 6. The first kappa shape index (κ1) is 26.2. The zero-order valence-corrected chi connectivity index (χ0v) is 15.9. The minimum atomic E-state index is -0.965. The number of halogens is 1. The van der Waals surface area contributed by atoms with Gasteiger partial charge in [-0.1, -0.05) is 11.6 Å². The first-order valence-corrected chi connectivity index (χ1v) is 7.79. The molecule has 2 rings (SSSR count). The number of nitrogen functional groups attached to an aromatic ring is 2. The molecular weight excluding hydrogens is 444 g/mol. The van der Waals surface area contributed by atoms with E-state index in [9.17, 15) is 29.8 Å². The maximum absolute atomic E-state index is 11.1. The Hall–Kier alpha value is -4.81. The number of nitro groups is 2. The summed E-state index contributed by atoms with van der Waals surface area (Å²) in [4.78, 5) is 51.5. The number of hydrogen-bond donors (Lipinski definition) is 6. The third-order valence-electron chi connectivity index (χ3n) is 2.58. The van der Waals surface area contributed by atoms with Crippen molar-refractivity contribution in [3.8, 4) is 12.1 Å². The molecule has 0 aliphatic carbocycles. The van der Waals surface area contributed by atoms with Crippen molar-refractivity contribution in [3.63, 3.8) is 0 Å². The van der Waals surface area contributed by atoms with Gasteiger partial charge in [0, 0.05) is 0 Å². The maximum Gasteiger partial charge on any atom is 0.375 e. The second-order valence-corrected chi connectivity index (χ2v) is 4.99. The summed E-state index contributed by atoms with van der Waals surface area (Å²) >= 11 is 5.28. The predicted octanol–water partition coefficient (Wildman–Crippen LogP) is -1.42. The molecule has 18 nitrogen and oxygen atoms in total. The molecule has 9 N–H and O–H groups in total. The summed E-state index contributed by atoms with van der Waals surface area (Å²) in [6, 6.07) is 3.40. The van der Waals surface area contributed by atoms with Gasteiger partial charge in [-0.2, -0.15) is 20.5 Å². The second-order valence-electron chi connectivity index (χ2n) is 4.63. The highest BCUT2D eigenvalue weighted by Gasteiger charge is 2.21. The Bertz CT molecular complexity index is 1150. The van der Waals surface area contributed by atoms with E-state index in [1.165, 1.54) is 0 Å². The molecule has 0 amide bonds. The summed E-state index contributed by atoms with van der Waals surface area (Å²) in [6.45, 7) is -0.0866. The van der Waals surface area contributed by atoms with Crippen LogP contribution < -0.4 is 33.6 Å². The van der Waals surface area contributed by atoms with Crippen LogP contribution in [0.1, 0.15) is 0 Å². The molecule has 0 spiro atoms. The van der Waals surface area contributed by atoms with Gasteiger partial charge in [0.05, 0.1) is 28.5 Å². The highest BCUT2D eigenvalue weighted by atomic mass is 35.5. The van der Waals surface area contributed by atoms with E-state index in [1.807, 2.05) is 9.97 Å². The highest BCUT2D eigenvalue weighted by molar-refractivity contribution is 6.31. The van der Waals surface area contributed by atoms with E-state index in [4.69, 9.17) is 33.6 Å². The van der Waals surface area contributed by atoms with Crippen LogP contribution in [-0.2, 0) is 0 Å². The van der Waals surface area contributed by atoms with Crippen LogP contribution >= 0.6 is 11.6 Å². The number of nitrogens with one attached hydrogen (secondary N) is 3. The van der Waals surface area contributed by atoms with Gasteiger partial charge < -0.3 is 22.5 Å². The number of rotatable bonds is 4. The maximum atomic E-state index is 11.1. The van der Waals surface area contributed by atoms with Crippen LogP contribution in [-0.4, -0.2) is 42.9 Å². The van der Waals surface area contributed by atoms with Crippen molar-refractivity contribution in [2.45, 2.75) is 0 Å².